The lowest BCUT2D eigenvalue weighted by molar-refractivity contribution is -0.122. The fourth-order valence-corrected chi connectivity index (χ4v) is 3.01. The second-order valence-electron chi connectivity index (χ2n) is 5.46. The lowest BCUT2D eigenvalue weighted by atomic mass is 10.0. The van der Waals surface area contributed by atoms with Crippen molar-refractivity contribution >= 4 is 29.1 Å². The molecule has 3 rings (SSSR count). The second-order valence-corrected chi connectivity index (χ2v) is 7.00. The van der Waals surface area contributed by atoms with Crippen molar-refractivity contribution in [2.75, 3.05) is 7.11 Å². The first-order valence-corrected chi connectivity index (χ1v) is 8.00. The standard InChI is InChI=1S/C17H16Cl2N2O2/c1-23-14-8-3-2-6-11(14)15(13-7-4-5-9-20-13)21-16(22)12-10-17(12,18)19/h2-9,12,15H,10H2,1H3,(H,21,22). The molecule has 1 aliphatic rings. The van der Waals surface area contributed by atoms with E-state index in [-0.39, 0.29) is 5.91 Å². The molecule has 1 saturated carbocycles. The number of benzene rings is 1. The van der Waals surface area contributed by atoms with Gasteiger partial charge in [-0.2, -0.15) is 0 Å². The molecule has 0 aliphatic heterocycles. The Morgan fingerprint density at radius 1 is 1.30 bits per heavy atom. The number of methoxy groups -OCH3 is 1. The van der Waals surface area contributed by atoms with Crippen molar-refractivity contribution in [3.05, 3.63) is 59.9 Å². The molecule has 1 aromatic heterocycles. The molecule has 1 amide bonds. The normalized spacial score (nSPS) is 19.7. The number of aromatic nitrogens is 1. The maximum atomic E-state index is 12.4. The number of alkyl halides is 2. The fraction of sp³-hybridized carbons (Fsp3) is 0.294. The number of hydrogen-bond donors (Lipinski definition) is 1. The number of rotatable bonds is 5. The first-order valence-electron chi connectivity index (χ1n) is 7.25. The van der Waals surface area contributed by atoms with Gasteiger partial charge in [0.1, 0.15) is 10.1 Å². The summed E-state index contributed by atoms with van der Waals surface area (Å²) in [5.41, 5.74) is 1.55. The zero-order valence-electron chi connectivity index (χ0n) is 12.5. The minimum absolute atomic E-state index is 0.184. The molecule has 0 radical (unpaired) electrons. The van der Waals surface area contributed by atoms with E-state index in [4.69, 9.17) is 27.9 Å². The molecule has 2 atom stereocenters. The highest BCUT2D eigenvalue weighted by molar-refractivity contribution is 6.52. The van der Waals surface area contributed by atoms with Gasteiger partial charge in [-0.3, -0.25) is 9.78 Å². The molecule has 1 aromatic carbocycles. The van der Waals surface area contributed by atoms with Crippen LogP contribution >= 0.6 is 23.2 Å². The molecule has 120 valence electrons. The number of nitrogens with zero attached hydrogens (tertiary/aromatic N) is 1. The van der Waals surface area contributed by atoms with E-state index in [0.29, 0.717) is 12.2 Å². The fourth-order valence-electron chi connectivity index (χ4n) is 2.50. The van der Waals surface area contributed by atoms with Crippen LogP contribution in [0.2, 0.25) is 0 Å². The summed E-state index contributed by atoms with van der Waals surface area (Å²) in [6, 6.07) is 12.7. The van der Waals surface area contributed by atoms with Gasteiger partial charge < -0.3 is 10.1 Å². The van der Waals surface area contributed by atoms with Gasteiger partial charge in [-0.1, -0.05) is 24.3 Å². The van der Waals surface area contributed by atoms with E-state index in [1.807, 2.05) is 42.5 Å². The van der Waals surface area contributed by atoms with Gasteiger partial charge in [-0.25, -0.2) is 0 Å². The van der Waals surface area contributed by atoms with Crippen molar-refractivity contribution in [2.45, 2.75) is 16.8 Å². The Labute approximate surface area is 144 Å². The van der Waals surface area contributed by atoms with Gasteiger partial charge in [-0.05, 0) is 24.6 Å². The van der Waals surface area contributed by atoms with Crippen LogP contribution in [0.3, 0.4) is 0 Å². The molecule has 1 N–H and O–H groups in total. The smallest absolute Gasteiger partial charge is 0.227 e. The lowest BCUT2D eigenvalue weighted by Gasteiger charge is -2.21. The van der Waals surface area contributed by atoms with Crippen molar-refractivity contribution in [1.29, 1.82) is 0 Å². The zero-order valence-corrected chi connectivity index (χ0v) is 14.0. The monoisotopic (exact) mass is 350 g/mol. The molecule has 1 heterocycles. The third-order valence-electron chi connectivity index (χ3n) is 3.86. The number of pyridine rings is 1. The van der Waals surface area contributed by atoms with Crippen LogP contribution in [-0.4, -0.2) is 22.3 Å². The van der Waals surface area contributed by atoms with Gasteiger partial charge >= 0.3 is 0 Å². The Morgan fingerprint density at radius 3 is 2.61 bits per heavy atom. The van der Waals surface area contributed by atoms with Gasteiger partial charge in [0.15, 0.2) is 0 Å². The Morgan fingerprint density at radius 2 is 2.00 bits per heavy atom. The van der Waals surface area contributed by atoms with Gasteiger partial charge in [0.25, 0.3) is 0 Å². The van der Waals surface area contributed by atoms with Gasteiger partial charge in [-0.15, -0.1) is 23.2 Å². The number of para-hydroxylation sites is 1. The maximum absolute atomic E-state index is 12.4. The molecule has 0 spiro atoms. The lowest BCUT2D eigenvalue weighted by Crippen LogP contribution is -2.32. The summed E-state index contributed by atoms with van der Waals surface area (Å²) in [5.74, 6) is 0.102. The van der Waals surface area contributed by atoms with Crippen LogP contribution in [0, 0.1) is 5.92 Å². The molecular weight excluding hydrogens is 335 g/mol. The topological polar surface area (TPSA) is 51.2 Å². The summed E-state index contributed by atoms with van der Waals surface area (Å²) in [7, 11) is 1.60. The number of hydrogen-bond acceptors (Lipinski definition) is 3. The predicted octanol–water partition coefficient (Wildman–Crippen LogP) is 3.49. The van der Waals surface area contributed by atoms with Crippen LogP contribution in [0.1, 0.15) is 23.7 Å². The van der Waals surface area contributed by atoms with Crippen LogP contribution in [0.25, 0.3) is 0 Å². The first-order chi connectivity index (χ1) is 11.0. The summed E-state index contributed by atoms with van der Waals surface area (Å²) in [5, 5.41) is 2.99. The first kappa shape index (κ1) is 16.1. The largest absolute Gasteiger partial charge is 0.496 e. The van der Waals surface area contributed by atoms with Crippen molar-refractivity contribution in [1.82, 2.24) is 10.3 Å². The van der Waals surface area contributed by atoms with Gasteiger partial charge in [0, 0.05) is 11.8 Å². The molecule has 1 aliphatic carbocycles. The van der Waals surface area contributed by atoms with Crippen LogP contribution in [-0.2, 0) is 4.79 Å². The Hall–Kier alpha value is -1.78. The van der Waals surface area contributed by atoms with E-state index in [1.54, 1.807) is 13.3 Å². The van der Waals surface area contributed by atoms with Crippen molar-refractivity contribution in [2.24, 2.45) is 5.92 Å². The predicted molar refractivity (Wildman–Crippen MR) is 89.8 cm³/mol. The summed E-state index contributed by atoms with van der Waals surface area (Å²) in [6.07, 6.45) is 2.15. The third-order valence-corrected chi connectivity index (χ3v) is 4.70. The third kappa shape index (κ3) is 3.43. The average molecular weight is 351 g/mol. The quantitative estimate of drug-likeness (QED) is 0.839. The summed E-state index contributed by atoms with van der Waals surface area (Å²) >= 11 is 12.0. The number of halogens is 2. The van der Waals surface area contributed by atoms with Crippen LogP contribution in [0.5, 0.6) is 5.75 Å². The molecule has 0 bridgehead atoms. The highest BCUT2D eigenvalue weighted by Gasteiger charge is 2.56. The van der Waals surface area contributed by atoms with Crippen LogP contribution in [0.15, 0.2) is 48.7 Å². The van der Waals surface area contributed by atoms with E-state index >= 15 is 0 Å². The number of amides is 1. The molecular formula is C17H16Cl2N2O2. The molecule has 2 unspecified atom stereocenters. The summed E-state index contributed by atoms with van der Waals surface area (Å²) in [6.45, 7) is 0. The Kier molecular flexibility index (Phi) is 4.46. The Bertz CT molecular complexity index is 707. The van der Waals surface area contributed by atoms with E-state index < -0.39 is 16.3 Å². The summed E-state index contributed by atoms with van der Waals surface area (Å²) < 4.78 is 4.46. The minimum Gasteiger partial charge on any atom is -0.496 e. The van der Waals surface area contributed by atoms with Crippen molar-refractivity contribution in [3.63, 3.8) is 0 Å². The van der Waals surface area contributed by atoms with E-state index in [2.05, 4.69) is 10.3 Å². The van der Waals surface area contributed by atoms with E-state index in [0.717, 1.165) is 11.3 Å². The highest BCUT2D eigenvalue weighted by Crippen LogP contribution is 2.53. The number of nitrogens with one attached hydrogen (secondary N) is 1. The molecule has 2 aromatic rings. The van der Waals surface area contributed by atoms with Crippen molar-refractivity contribution < 1.29 is 9.53 Å². The van der Waals surface area contributed by atoms with Gasteiger partial charge in [0.2, 0.25) is 5.91 Å². The number of carbonyl (C=O) groups excluding carboxylic acids is 1. The van der Waals surface area contributed by atoms with Crippen LogP contribution < -0.4 is 10.1 Å². The molecule has 0 saturated heterocycles. The highest BCUT2D eigenvalue weighted by atomic mass is 35.5. The van der Waals surface area contributed by atoms with Gasteiger partial charge in [0.05, 0.1) is 24.8 Å². The molecule has 1 fully saturated rings. The van der Waals surface area contributed by atoms with Crippen molar-refractivity contribution in [3.8, 4) is 5.75 Å². The zero-order chi connectivity index (χ0) is 16.4. The number of ether oxygens (including phenoxy) is 1. The second kappa shape index (κ2) is 6.38. The number of carbonyl (C=O) groups is 1. The molecule has 4 nitrogen and oxygen atoms in total. The van der Waals surface area contributed by atoms with E-state index in [9.17, 15) is 4.79 Å². The summed E-state index contributed by atoms with van der Waals surface area (Å²) in [4.78, 5) is 16.8. The molecule has 23 heavy (non-hydrogen) atoms. The molecule has 6 heteroatoms. The SMILES string of the molecule is COc1ccccc1C(NC(=O)C1CC1(Cl)Cl)c1ccccn1. The Balaban J connectivity index is 1.93. The van der Waals surface area contributed by atoms with Crippen LogP contribution in [0.4, 0.5) is 0 Å². The van der Waals surface area contributed by atoms with E-state index in [1.165, 1.54) is 0 Å². The average Bonchev–Trinajstić information content (AvgIpc) is 3.22. The minimum atomic E-state index is -0.959. The maximum Gasteiger partial charge on any atom is 0.227 e.